The fraction of sp³-hybridized carbons (Fsp3) is 0.316. The number of aromatic amines is 1. The van der Waals surface area contributed by atoms with Crippen molar-refractivity contribution in [3.05, 3.63) is 63.3 Å². The van der Waals surface area contributed by atoms with E-state index in [4.69, 9.17) is 0 Å². The Morgan fingerprint density at radius 2 is 2.04 bits per heavy atom. The average Bonchev–Trinajstić information content (AvgIpc) is 2.85. The first-order chi connectivity index (χ1) is 12.0. The van der Waals surface area contributed by atoms with Gasteiger partial charge in [-0.1, -0.05) is 12.1 Å². The van der Waals surface area contributed by atoms with Crippen molar-refractivity contribution in [2.24, 2.45) is 7.05 Å². The summed E-state index contributed by atoms with van der Waals surface area (Å²) in [7, 11) is 2.01. The molecule has 3 aromatic rings. The molecule has 6 heteroatoms. The fourth-order valence-corrected chi connectivity index (χ4v) is 2.86. The van der Waals surface area contributed by atoms with Gasteiger partial charge in [0.15, 0.2) is 0 Å². The van der Waals surface area contributed by atoms with E-state index in [-0.39, 0.29) is 17.9 Å². The third-order valence-corrected chi connectivity index (χ3v) is 4.61. The largest absolute Gasteiger partial charge is 0.352 e. The number of para-hydroxylation sites is 2. The van der Waals surface area contributed by atoms with Crippen LogP contribution in [0.3, 0.4) is 0 Å². The van der Waals surface area contributed by atoms with Gasteiger partial charge in [0.1, 0.15) is 5.69 Å². The molecule has 6 nitrogen and oxygen atoms in total. The van der Waals surface area contributed by atoms with Crippen molar-refractivity contribution in [3.8, 4) is 0 Å². The van der Waals surface area contributed by atoms with Crippen molar-refractivity contribution in [1.29, 1.82) is 0 Å². The van der Waals surface area contributed by atoms with E-state index in [0.717, 1.165) is 22.5 Å². The van der Waals surface area contributed by atoms with Crippen LogP contribution in [0.1, 0.15) is 29.1 Å². The number of fused-ring (bicyclic) bond motifs is 1. The fourth-order valence-electron chi connectivity index (χ4n) is 2.86. The number of nitrogens with zero attached hydrogens (tertiary/aromatic N) is 2. The molecule has 0 radical (unpaired) electrons. The zero-order chi connectivity index (χ0) is 18.0. The first-order valence-corrected chi connectivity index (χ1v) is 8.32. The molecular formula is C19H22N4O2. The topological polar surface area (TPSA) is 79.8 Å². The second-order valence-electron chi connectivity index (χ2n) is 6.26. The molecule has 0 spiro atoms. The second-order valence-corrected chi connectivity index (χ2v) is 6.26. The van der Waals surface area contributed by atoms with Gasteiger partial charge < -0.3 is 14.9 Å². The molecule has 0 saturated heterocycles. The Kier molecular flexibility index (Phi) is 4.70. The molecule has 0 fully saturated rings. The normalized spacial score (nSPS) is 11.0. The summed E-state index contributed by atoms with van der Waals surface area (Å²) in [4.78, 5) is 31.3. The van der Waals surface area contributed by atoms with Crippen LogP contribution in [0, 0.1) is 13.8 Å². The van der Waals surface area contributed by atoms with Gasteiger partial charge in [0.05, 0.1) is 11.0 Å². The molecule has 130 valence electrons. The number of amides is 1. The van der Waals surface area contributed by atoms with Crippen LogP contribution in [0.4, 0.5) is 0 Å². The highest BCUT2D eigenvalue weighted by atomic mass is 16.1. The smallest absolute Gasteiger partial charge is 0.270 e. The van der Waals surface area contributed by atoms with Crippen molar-refractivity contribution >= 4 is 16.9 Å². The highest BCUT2D eigenvalue weighted by Crippen LogP contribution is 2.13. The molecule has 25 heavy (non-hydrogen) atoms. The molecule has 0 saturated carbocycles. The van der Waals surface area contributed by atoms with Crippen LogP contribution in [0.15, 0.2) is 35.1 Å². The van der Waals surface area contributed by atoms with Gasteiger partial charge in [-0.2, -0.15) is 0 Å². The average molecular weight is 338 g/mol. The standard InChI is InChI=1S/C19H22N4O2/c1-12-10-14(13(2)23(12)3)11-20-18(24)9-8-17-19(25)22-16-7-5-4-6-15(16)21-17/h4-7,10H,8-9,11H2,1-3H3,(H,20,24)(H,22,25). The number of carbonyl (C=O) groups is 1. The molecule has 0 aliphatic heterocycles. The summed E-state index contributed by atoms with van der Waals surface area (Å²) in [6, 6.07) is 9.44. The number of rotatable bonds is 5. The van der Waals surface area contributed by atoms with Gasteiger partial charge >= 0.3 is 0 Å². The number of aromatic nitrogens is 3. The third kappa shape index (κ3) is 3.63. The lowest BCUT2D eigenvalue weighted by Gasteiger charge is -2.06. The summed E-state index contributed by atoms with van der Waals surface area (Å²) in [5.41, 5.74) is 5.00. The summed E-state index contributed by atoms with van der Waals surface area (Å²) in [6.07, 6.45) is 0.554. The SMILES string of the molecule is Cc1cc(CNC(=O)CCc2nc3ccccc3[nH]c2=O)c(C)n1C. The molecule has 0 aliphatic carbocycles. The van der Waals surface area contributed by atoms with Crippen molar-refractivity contribution in [1.82, 2.24) is 19.9 Å². The van der Waals surface area contributed by atoms with E-state index in [0.29, 0.717) is 24.2 Å². The van der Waals surface area contributed by atoms with Crippen LogP contribution < -0.4 is 10.9 Å². The quantitative estimate of drug-likeness (QED) is 0.748. The minimum absolute atomic E-state index is 0.0877. The van der Waals surface area contributed by atoms with E-state index in [1.807, 2.05) is 45.2 Å². The van der Waals surface area contributed by atoms with Gasteiger partial charge in [-0.15, -0.1) is 0 Å². The van der Waals surface area contributed by atoms with Gasteiger partial charge in [0, 0.05) is 37.8 Å². The number of carbonyl (C=O) groups excluding carboxylic acids is 1. The first-order valence-electron chi connectivity index (χ1n) is 8.32. The number of hydrogen-bond donors (Lipinski definition) is 2. The number of benzene rings is 1. The molecule has 2 heterocycles. The first kappa shape index (κ1) is 17.0. The minimum Gasteiger partial charge on any atom is -0.352 e. The number of H-pyrrole nitrogens is 1. The molecule has 0 atom stereocenters. The zero-order valence-corrected chi connectivity index (χ0v) is 14.7. The summed E-state index contributed by atoms with van der Waals surface area (Å²) >= 11 is 0. The van der Waals surface area contributed by atoms with Crippen LogP contribution in [0.25, 0.3) is 11.0 Å². The van der Waals surface area contributed by atoms with Gasteiger partial charge in [-0.25, -0.2) is 4.98 Å². The predicted octanol–water partition coefficient (Wildman–Crippen LogP) is 2.13. The Bertz CT molecular complexity index is 985. The molecule has 1 amide bonds. The molecule has 3 rings (SSSR count). The number of aryl methyl sites for hydroxylation is 2. The van der Waals surface area contributed by atoms with Crippen molar-refractivity contribution in [3.63, 3.8) is 0 Å². The van der Waals surface area contributed by atoms with E-state index >= 15 is 0 Å². The summed E-state index contributed by atoms with van der Waals surface area (Å²) < 4.78 is 2.10. The molecule has 0 unspecified atom stereocenters. The highest BCUT2D eigenvalue weighted by Gasteiger charge is 2.10. The monoisotopic (exact) mass is 338 g/mol. The minimum atomic E-state index is -0.235. The van der Waals surface area contributed by atoms with Crippen LogP contribution in [-0.4, -0.2) is 20.4 Å². The van der Waals surface area contributed by atoms with E-state index in [2.05, 4.69) is 25.9 Å². The Labute approximate surface area is 145 Å². The second kappa shape index (κ2) is 6.93. The maximum Gasteiger partial charge on any atom is 0.270 e. The molecule has 2 N–H and O–H groups in total. The lowest BCUT2D eigenvalue weighted by molar-refractivity contribution is -0.121. The number of hydrogen-bond acceptors (Lipinski definition) is 3. The maximum absolute atomic E-state index is 12.1. The van der Waals surface area contributed by atoms with Crippen molar-refractivity contribution < 1.29 is 4.79 Å². The zero-order valence-electron chi connectivity index (χ0n) is 14.7. The van der Waals surface area contributed by atoms with Gasteiger partial charge in [-0.3, -0.25) is 9.59 Å². The van der Waals surface area contributed by atoms with E-state index in [9.17, 15) is 9.59 Å². The van der Waals surface area contributed by atoms with E-state index < -0.39 is 0 Å². The van der Waals surface area contributed by atoms with Gasteiger partial charge in [0.2, 0.25) is 5.91 Å². The highest BCUT2D eigenvalue weighted by molar-refractivity contribution is 5.76. The van der Waals surface area contributed by atoms with Crippen LogP contribution in [0.2, 0.25) is 0 Å². The van der Waals surface area contributed by atoms with E-state index in [1.54, 1.807) is 0 Å². The van der Waals surface area contributed by atoms with Crippen LogP contribution in [0.5, 0.6) is 0 Å². The van der Waals surface area contributed by atoms with E-state index in [1.165, 1.54) is 0 Å². The number of nitrogens with one attached hydrogen (secondary N) is 2. The Morgan fingerprint density at radius 1 is 1.28 bits per heavy atom. The lowest BCUT2D eigenvalue weighted by Crippen LogP contribution is -2.25. The Hall–Kier alpha value is -2.89. The van der Waals surface area contributed by atoms with Crippen molar-refractivity contribution in [2.75, 3.05) is 0 Å². The lowest BCUT2D eigenvalue weighted by atomic mass is 10.2. The van der Waals surface area contributed by atoms with Crippen LogP contribution >= 0.6 is 0 Å². The summed E-state index contributed by atoms with van der Waals surface area (Å²) in [5, 5.41) is 2.91. The molecule has 1 aromatic carbocycles. The Morgan fingerprint density at radius 3 is 2.76 bits per heavy atom. The Balaban J connectivity index is 1.61. The molecule has 0 bridgehead atoms. The van der Waals surface area contributed by atoms with Gasteiger partial charge in [-0.05, 0) is 37.6 Å². The predicted molar refractivity (Wildman–Crippen MR) is 97.4 cm³/mol. The summed E-state index contributed by atoms with van der Waals surface area (Å²) in [6.45, 7) is 4.57. The molecule has 2 aromatic heterocycles. The van der Waals surface area contributed by atoms with Crippen LogP contribution in [-0.2, 0) is 24.8 Å². The molecular weight excluding hydrogens is 316 g/mol. The van der Waals surface area contributed by atoms with Gasteiger partial charge in [0.25, 0.3) is 5.56 Å². The molecule has 0 aliphatic rings. The third-order valence-electron chi connectivity index (χ3n) is 4.61. The summed E-state index contributed by atoms with van der Waals surface area (Å²) in [5.74, 6) is -0.0877. The van der Waals surface area contributed by atoms with Crippen molar-refractivity contribution in [2.45, 2.75) is 33.2 Å². The maximum atomic E-state index is 12.1.